The standard InChI is InChI=1S/C9H18INO/c1-8(2)5-7(10)6-9(3,4)11(8)12/h7,11H,5-6H2,1-4H3. The fourth-order valence-corrected chi connectivity index (χ4v) is 4.48. The molecule has 1 aliphatic rings. The van der Waals surface area contributed by atoms with Gasteiger partial charge in [-0.15, -0.1) is 0 Å². The Morgan fingerprint density at radius 1 is 1.17 bits per heavy atom. The van der Waals surface area contributed by atoms with Gasteiger partial charge < -0.3 is 10.3 Å². The lowest BCUT2D eigenvalue weighted by Gasteiger charge is -2.53. The molecular weight excluding hydrogens is 265 g/mol. The summed E-state index contributed by atoms with van der Waals surface area (Å²) in [6.45, 7) is 8.29. The first-order valence-electron chi connectivity index (χ1n) is 4.45. The Morgan fingerprint density at radius 3 is 1.83 bits per heavy atom. The van der Waals surface area contributed by atoms with Gasteiger partial charge in [0.05, 0.1) is 11.1 Å². The Morgan fingerprint density at radius 2 is 1.50 bits per heavy atom. The summed E-state index contributed by atoms with van der Waals surface area (Å²) in [6, 6.07) is 0. The fraction of sp³-hybridized carbons (Fsp3) is 1.00. The highest BCUT2D eigenvalue weighted by molar-refractivity contribution is 14.1. The minimum atomic E-state index is -0.104. The zero-order valence-electron chi connectivity index (χ0n) is 8.28. The van der Waals surface area contributed by atoms with Gasteiger partial charge in [-0.2, -0.15) is 0 Å². The molecule has 0 unspecified atom stereocenters. The second-order valence-corrected chi connectivity index (χ2v) is 6.86. The van der Waals surface area contributed by atoms with Crippen molar-refractivity contribution >= 4 is 22.6 Å². The number of halogens is 1. The molecule has 3 heteroatoms. The van der Waals surface area contributed by atoms with Gasteiger partial charge in [-0.3, -0.25) is 0 Å². The number of quaternary nitrogens is 1. The van der Waals surface area contributed by atoms with E-state index >= 15 is 0 Å². The van der Waals surface area contributed by atoms with Crippen LogP contribution >= 0.6 is 22.6 Å². The molecule has 1 heterocycles. The van der Waals surface area contributed by atoms with Crippen molar-refractivity contribution < 1.29 is 5.06 Å². The molecule has 2 nitrogen and oxygen atoms in total. The van der Waals surface area contributed by atoms with Crippen molar-refractivity contribution in [1.29, 1.82) is 0 Å². The van der Waals surface area contributed by atoms with Crippen molar-refractivity contribution in [1.82, 2.24) is 0 Å². The van der Waals surface area contributed by atoms with Gasteiger partial charge in [0.2, 0.25) is 0 Å². The van der Waals surface area contributed by atoms with Crippen LogP contribution in [0.2, 0.25) is 0 Å². The maximum atomic E-state index is 11.9. The lowest BCUT2D eigenvalue weighted by molar-refractivity contribution is -0.954. The molecule has 12 heavy (non-hydrogen) atoms. The van der Waals surface area contributed by atoms with Crippen LogP contribution < -0.4 is 5.06 Å². The first-order chi connectivity index (χ1) is 5.26. The van der Waals surface area contributed by atoms with Gasteiger partial charge in [-0.1, -0.05) is 22.6 Å². The van der Waals surface area contributed by atoms with Crippen molar-refractivity contribution in [2.24, 2.45) is 0 Å². The summed E-state index contributed by atoms with van der Waals surface area (Å²) in [4.78, 5) is 0. The number of piperidine rings is 1. The molecule has 0 aromatic heterocycles. The molecule has 1 fully saturated rings. The normalized spacial score (nSPS) is 39.5. The minimum absolute atomic E-state index is 0.104. The highest BCUT2D eigenvalue weighted by Crippen LogP contribution is 2.28. The lowest BCUT2D eigenvalue weighted by Crippen LogP contribution is -3.23. The average molecular weight is 283 g/mol. The molecule has 0 radical (unpaired) electrons. The SMILES string of the molecule is CC1(C)CC(I)CC(C)(C)[NH+]1[O-]. The maximum Gasteiger partial charge on any atom is 0.0931 e. The van der Waals surface area contributed by atoms with E-state index in [2.05, 4.69) is 50.3 Å². The molecule has 1 aliphatic heterocycles. The lowest BCUT2D eigenvalue weighted by atomic mass is 9.82. The van der Waals surface area contributed by atoms with E-state index in [1.165, 1.54) is 0 Å². The molecular formula is C9H18INO. The van der Waals surface area contributed by atoms with Gasteiger partial charge >= 0.3 is 0 Å². The predicted molar refractivity (Wildman–Crippen MR) is 59.5 cm³/mol. The highest BCUT2D eigenvalue weighted by Gasteiger charge is 2.44. The first-order valence-corrected chi connectivity index (χ1v) is 5.69. The summed E-state index contributed by atoms with van der Waals surface area (Å²) < 4.78 is 0.658. The molecule has 0 saturated carbocycles. The number of hydrogen-bond acceptors (Lipinski definition) is 1. The zero-order chi connectivity index (χ0) is 9.57. The number of nitrogens with one attached hydrogen (secondary N) is 1. The molecule has 0 atom stereocenters. The van der Waals surface area contributed by atoms with Crippen LogP contribution in [0, 0.1) is 5.21 Å². The van der Waals surface area contributed by atoms with Gasteiger partial charge in [0.15, 0.2) is 0 Å². The Kier molecular flexibility index (Phi) is 2.77. The second-order valence-electron chi connectivity index (χ2n) is 5.10. The van der Waals surface area contributed by atoms with Crippen molar-refractivity contribution in [3.05, 3.63) is 5.21 Å². The Bertz CT molecular complexity index is 161. The van der Waals surface area contributed by atoms with Gasteiger partial charge in [0.1, 0.15) is 0 Å². The van der Waals surface area contributed by atoms with Crippen LogP contribution in [0.1, 0.15) is 40.5 Å². The summed E-state index contributed by atoms with van der Waals surface area (Å²) in [6.07, 6.45) is 2.08. The zero-order valence-corrected chi connectivity index (χ0v) is 10.4. The van der Waals surface area contributed by atoms with E-state index in [9.17, 15) is 5.21 Å². The molecule has 0 aromatic carbocycles. The van der Waals surface area contributed by atoms with Crippen molar-refractivity contribution in [3.63, 3.8) is 0 Å². The molecule has 1 rings (SSSR count). The summed E-state index contributed by atoms with van der Waals surface area (Å²) in [5, 5.41) is 12.3. The van der Waals surface area contributed by atoms with E-state index in [0.29, 0.717) is 8.99 Å². The van der Waals surface area contributed by atoms with Crippen molar-refractivity contribution in [2.75, 3.05) is 0 Å². The van der Waals surface area contributed by atoms with Crippen LogP contribution in [0.4, 0.5) is 0 Å². The summed E-state index contributed by atoms with van der Waals surface area (Å²) in [7, 11) is 0. The van der Waals surface area contributed by atoms with E-state index in [-0.39, 0.29) is 11.1 Å². The molecule has 0 aromatic rings. The molecule has 0 aliphatic carbocycles. The molecule has 0 spiro atoms. The Balaban J connectivity index is 2.84. The number of alkyl halides is 1. The molecule has 0 amide bonds. The van der Waals surface area contributed by atoms with Crippen molar-refractivity contribution in [3.8, 4) is 0 Å². The van der Waals surface area contributed by atoms with Crippen molar-refractivity contribution in [2.45, 2.75) is 55.5 Å². The Hall–Kier alpha value is 0.650. The van der Waals surface area contributed by atoms with E-state index in [0.717, 1.165) is 12.8 Å². The van der Waals surface area contributed by atoms with Crippen LogP contribution in [0.25, 0.3) is 0 Å². The third-order valence-corrected chi connectivity index (χ3v) is 3.57. The van der Waals surface area contributed by atoms with E-state index in [1.54, 1.807) is 0 Å². The highest BCUT2D eigenvalue weighted by atomic mass is 127. The number of hydroxylamine groups is 2. The second kappa shape index (κ2) is 3.10. The third-order valence-electron chi connectivity index (χ3n) is 2.69. The van der Waals surface area contributed by atoms with Crippen LogP contribution in [0.3, 0.4) is 0 Å². The minimum Gasteiger partial charge on any atom is -0.634 e. The molecule has 1 saturated heterocycles. The monoisotopic (exact) mass is 283 g/mol. The van der Waals surface area contributed by atoms with Gasteiger partial charge in [0.25, 0.3) is 0 Å². The van der Waals surface area contributed by atoms with Gasteiger partial charge in [0, 0.05) is 16.8 Å². The maximum absolute atomic E-state index is 11.9. The summed E-state index contributed by atoms with van der Waals surface area (Å²) in [5.41, 5.74) is -0.207. The molecule has 1 N–H and O–H groups in total. The predicted octanol–water partition coefficient (Wildman–Crippen LogP) is 1.52. The Labute approximate surface area is 88.4 Å². The quantitative estimate of drug-likeness (QED) is 0.407. The van der Waals surface area contributed by atoms with Gasteiger partial charge in [-0.05, 0) is 27.7 Å². The van der Waals surface area contributed by atoms with E-state index in [4.69, 9.17) is 0 Å². The smallest absolute Gasteiger partial charge is 0.0931 e. The molecule has 72 valence electrons. The third kappa shape index (κ3) is 1.93. The number of hydrogen-bond donors (Lipinski definition) is 1. The first kappa shape index (κ1) is 10.7. The van der Waals surface area contributed by atoms with Crippen LogP contribution in [0.5, 0.6) is 0 Å². The largest absolute Gasteiger partial charge is 0.634 e. The van der Waals surface area contributed by atoms with Crippen LogP contribution in [-0.2, 0) is 0 Å². The molecule has 0 bridgehead atoms. The van der Waals surface area contributed by atoms with E-state index in [1.807, 2.05) is 0 Å². The van der Waals surface area contributed by atoms with Crippen LogP contribution in [-0.4, -0.2) is 15.0 Å². The summed E-state index contributed by atoms with van der Waals surface area (Å²) in [5.74, 6) is 0. The topological polar surface area (TPSA) is 27.5 Å². The average Bonchev–Trinajstić information content (AvgIpc) is 1.80. The number of rotatable bonds is 0. The van der Waals surface area contributed by atoms with E-state index < -0.39 is 0 Å². The summed E-state index contributed by atoms with van der Waals surface area (Å²) >= 11 is 2.46. The van der Waals surface area contributed by atoms with Crippen LogP contribution in [0.15, 0.2) is 0 Å². The van der Waals surface area contributed by atoms with Gasteiger partial charge in [-0.25, -0.2) is 0 Å². The fourth-order valence-electron chi connectivity index (χ4n) is 2.28.